The van der Waals surface area contributed by atoms with Gasteiger partial charge in [-0.3, -0.25) is 0 Å². The molecule has 35 heavy (non-hydrogen) atoms. The van der Waals surface area contributed by atoms with E-state index in [2.05, 4.69) is 0 Å². The van der Waals surface area contributed by atoms with E-state index < -0.39 is 36.6 Å². The molecular weight excluding hydrogens is 448 g/mol. The fourth-order valence-electron chi connectivity index (χ4n) is 4.20. The maximum Gasteiger partial charge on any atom is 0.118 e. The lowest BCUT2D eigenvalue weighted by Crippen LogP contribution is -2.65. The molecule has 3 aromatic carbocycles. The van der Waals surface area contributed by atoms with Gasteiger partial charge in [0.2, 0.25) is 0 Å². The molecule has 4 rings (SSSR count). The number of rotatable bonds is 10. The van der Waals surface area contributed by atoms with E-state index in [0.717, 1.165) is 22.4 Å². The molecular formula is C28H32O7. The quantitative estimate of drug-likeness (QED) is 0.411. The van der Waals surface area contributed by atoms with Crippen LogP contribution in [0.5, 0.6) is 5.75 Å². The number of methoxy groups -OCH3 is 1. The number of aliphatic hydroxyl groups is 3. The van der Waals surface area contributed by atoms with Crippen molar-refractivity contribution in [3.8, 4) is 5.75 Å². The van der Waals surface area contributed by atoms with Crippen LogP contribution in [0.2, 0.25) is 0 Å². The zero-order valence-corrected chi connectivity index (χ0v) is 19.6. The Morgan fingerprint density at radius 3 is 1.40 bits per heavy atom. The van der Waals surface area contributed by atoms with Gasteiger partial charge < -0.3 is 34.3 Å². The van der Waals surface area contributed by atoms with E-state index in [4.69, 9.17) is 18.9 Å². The lowest BCUT2D eigenvalue weighted by molar-refractivity contribution is -0.262. The average Bonchev–Trinajstić information content (AvgIpc) is 2.91. The lowest BCUT2D eigenvalue weighted by Gasteiger charge is -2.45. The molecule has 0 amide bonds. The van der Waals surface area contributed by atoms with Crippen LogP contribution in [-0.4, -0.2) is 59.1 Å². The molecule has 0 aromatic heterocycles. The lowest BCUT2D eigenvalue weighted by atomic mass is 9.84. The summed E-state index contributed by atoms with van der Waals surface area (Å²) < 4.78 is 23.1. The molecule has 1 fully saturated rings. The van der Waals surface area contributed by atoms with E-state index in [1.54, 1.807) is 7.11 Å². The Labute approximate surface area is 205 Å². The third-order valence-corrected chi connectivity index (χ3v) is 6.19. The van der Waals surface area contributed by atoms with Crippen molar-refractivity contribution in [2.24, 2.45) is 0 Å². The van der Waals surface area contributed by atoms with Gasteiger partial charge in [0.05, 0.1) is 26.9 Å². The molecule has 1 aliphatic rings. The van der Waals surface area contributed by atoms with E-state index in [0.29, 0.717) is 0 Å². The van der Waals surface area contributed by atoms with Crippen molar-refractivity contribution in [3.63, 3.8) is 0 Å². The van der Waals surface area contributed by atoms with Crippen molar-refractivity contribution in [2.45, 2.75) is 56.4 Å². The highest BCUT2D eigenvalue weighted by Crippen LogP contribution is 2.30. The highest BCUT2D eigenvalue weighted by atomic mass is 16.6. The molecule has 0 heterocycles. The maximum absolute atomic E-state index is 11.2. The third-order valence-electron chi connectivity index (χ3n) is 6.19. The van der Waals surface area contributed by atoms with Gasteiger partial charge in [-0.2, -0.15) is 0 Å². The van der Waals surface area contributed by atoms with Crippen molar-refractivity contribution in [1.29, 1.82) is 0 Å². The average molecular weight is 481 g/mol. The van der Waals surface area contributed by atoms with Crippen LogP contribution in [0.1, 0.15) is 16.7 Å². The smallest absolute Gasteiger partial charge is 0.118 e. The van der Waals surface area contributed by atoms with E-state index in [1.165, 1.54) is 0 Å². The first-order chi connectivity index (χ1) is 17.1. The summed E-state index contributed by atoms with van der Waals surface area (Å²) in [4.78, 5) is 0. The van der Waals surface area contributed by atoms with Crippen molar-refractivity contribution in [3.05, 3.63) is 102 Å². The second kappa shape index (κ2) is 12.3. The van der Waals surface area contributed by atoms with Gasteiger partial charge in [-0.25, -0.2) is 0 Å². The molecule has 3 N–H and O–H groups in total. The third kappa shape index (κ3) is 6.46. The molecule has 6 atom stereocenters. The number of hydrogen-bond donors (Lipinski definition) is 3. The predicted octanol–water partition coefficient (Wildman–Crippen LogP) is 2.85. The molecule has 7 heteroatoms. The molecule has 1 saturated carbocycles. The minimum atomic E-state index is -1.36. The van der Waals surface area contributed by atoms with E-state index in [-0.39, 0.29) is 19.8 Å². The van der Waals surface area contributed by atoms with Gasteiger partial charge in [-0.05, 0) is 28.8 Å². The monoisotopic (exact) mass is 480 g/mol. The van der Waals surface area contributed by atoms with Gasteiger partial charge in [0.15, 0.2) is 0 Å². The van der Waals surface area contributed by atoms with Gasteiger partial charge in [-0.15, -0.1) is 0 Å². The largest absolute Gasteiger partial charge is 0.497 e. The molecule has 0 saturated heterocycles. The molecule has 0 unspecified atom stereocenters. The van der Waals surface area contributed by atoms with Crippen LogP contribution in [0, 0.1) is 0 Å². The molecule has 1 aliphatic carbocycles. The summed E-state index contributed by atoms with van der Waals surface area (Å²) in [6.07, 6.45) is -6.84. The van der Waals surface area contributed by atoms with E-state index >= 15 is 0 Å². The van der Waals surface area contributed by atoms with Crippen LogP contribution in [0.3, 0.4) is 0 Å². The Hall–Kier alpha value is -2.78. The van der Waals surface area contributed by atoms with Crippen LogP contribution >= 0.6 is 0 Å². The van der Waals surface area contributed by atoms with Gasteiger partial charge in [0, 0.05) is 0 Å². The zero-order chi connectivity index (χ0) is 24.6. The number of hydrogen-bond acceptors (Lipinski definition) is 7. The van der Waals surface area contributed by atoms with E-state index in [1.807, 2.05) is 84.9 Å². The summed E-state index contributed by atoms with van der Waals surface area (Å²) in [5.74, 6) is 0.722. The second-order valence-electron chi connectivity index (χ2n) is 8.62. The summed E-state index contributed by atoms with van der Waals surface area (Å²) in [7, 11) is 1.59. The van der Waals surface area contributed by atoms with Gasteiger partial charge in [0.1, 0.15) is 42.4 Å². The fourth-order valence-corrected chi connectivity index (χ4v) is 4.20. The first-order valence-electron chi connectivity index (χ1n) is 11.7. The molecule has 0 spiro atoms. The van der Waals surface area contributed by atoms with Crippen molar-refractivity contribution >= 4 is 0 Å². The molecule has 0 bridgehead atoms. The van der Waals surface area contributed by atoms with Crippen molar-refractivity contribution in [2.75, 3.05) is 7.11 Å². The normalized spacial score (nSPS) is 26.4. The van der Waals surface area contributed by atoms with Crippen LogP contribution in [0.4, 0.5) is 0 Å². The number of aliphatic hydroxyl groups excluding tert-OH is 3. The fraction of sp³-hybridized carbons (Fsp3) is 0.357. The van der Waals surface area contributed by atoms with Crippen LogP contribution < -0.4 is 4.74 Å². The Kier molecular flexibility index (Phi) is 8.87. The van der Waals surface area contributed by atoms with Gasteiger partial charge >= 0.3 is 0 Å². The summed E-state index contributed by atoms with van der Waals surface area (Å²) in [6.45, 7) is 0.542. The minimum Gasteiger partial charge on any atom is -0.497 e. The summed E-state index contributed by atoms with van der Waals surface area (Å²) in [6, 6.07) is 26.3. The van der Waals surface area contributed by atoms with Gasteiger partial charge in [0.25, 0.3) is 0 Å². The summed E-state index contributed by atoms with van der Waals surface area (Å²) in [5.41, 5.74) is 2.66. The van der Waals surface area contributed by atoms with Crippen LogP contribution in [0.15, 0.2) is 84.9 Å². The Morgan fingerprint density at radius 2 is 0.914 bits per heavy atom. The highest BCUT2D eigenvalue weighted by molar-refractivity contribution is 5.26. The molecule has 0 radical (unpaired) electrons. The van der Waals surface area contributed by atoms with Crippen molar-refractivity contribution < 1.29 is 34.3 Å². The zero-order valence-electron chi connectivity index (χ0n) is 19.6. The molecule has 0 aliphatic heterocycles. The first-order valence-corrected chi connectivity index (χ1v) is 11.7. The van der Waals surface area contributed by atoms with E-state index in [9.17, 15) is 15.3 Å². The topological polar surface area (TPSA) is 97.6 Å². The van der Waals surface area contributed by atoms with Crippen molar-refractivity contribution in [1.82, 2.24) is 0 Å². The second-order valence-corrected chi connectivity index (χ2v) is 8.62. The Morgan fingerprint density at radius 1 is 0.514 bits per heavy atom. The van der Waals surface area contributed by atoms with Crippen LogP contribution in [-0.2, 0) is 34.0 Å². The van der Waals surface area contributed by atoms with Crippen LogP contribution in [0.25, 0.3) is 0 Å². The summed E-state index contributed by atoms with van der Waals surface area (Å²) >= 11 is 0. The first kappa shape index (κ1) is 25.3. The minimum absolute atomic E-state index is 0.159. The summed E-state index contributed by atoms with van der Waals surface area (Å²) in [5, 5.41) is 33.0. The maximum atomic E-state index is 11.2. The number of ether oxygens (including phenoxy) is 4. The molecule has 7 nitrogen and oxygen atoms in total. The SMILES string of the molecule is COc1ccc(CO[C@@H]2[C@@H](O)[C@H](O)[C@H](OCc3ccccc3)[C@H](O)[C@H]2OCc2ccccc2)cc1. The number of benzene rings is 3. The Balaban J connectivity index is 1.49. The van der Waals surface area contributed by atoms with Gasteiger partial charge in [-0.1, -0.05) is 72.8 Å². The predicted molar refractivity (Wildman–Crippen MR) is 130 cm³/mol. The highest BCUT2D eigenvalue weighted by Gasteiger charge is 2.51. The standard InChI is InChI=1S/C28H32O7/c1-32-22-14-12-21(13-15-22)18-34-27-24(30)23(29)26(33-16-19-8-4-2-5-9-19)25(31)28(27)35-17-20-10-6-3-7-11-20/h2-15,23-31H,16-18H2,1H3/t23-,24-,25-,26-,27+,28+/m0/s1. The molecule has 3 aromatic rings. The molecule has 186 valence electrons. The Bertz CT molecular complexity index is 1010.